The molecule has 0 unspecified atom stereocenters. The molecule has 0 heterocycles. The lowest BCUT2D eigenvalue weighted by Crippen LogP contribution is -2.22. The molecule has 3 nitrogen and oxygen atoms in total. The highest BCUT2D eigenvalue weighted by atomic mass is 127. The van der Waals surface area contributed by atoms with Crippen molar-refractivity contribution in [1.29, 1.82) is 0 Å². The number of halogens is 1. The number of benzene rings is 2. The highest BCUT2D eigenvalue weighted by Crippen LogP contribution is 2.12. The van der Waals surface area contributed by atoms with E-state index in [4.69, 9.17) is 5.73 Å². The van der Waals surface area contributed by atoms with Crippen molar-refractivity contribution in [2.75, 3.05) is 5.32 Å². The maximum Gasteiger partial charge on any atom is 0.193 e. The first kappa shape index (κ1) is 12.9. The molecule has 2 rings (SSSR count). The molecule has 2 aromatic carbocycles. The molecule has 0 fully saturated rings. The molecule has 0 aliphatic heterocycles. The summed E-state index contributed by atoms with van der Waals surface area (Å²) in [6.45, 7) is 0.587. The minimum absolute atomic E-state index is 0.431. The van der Waals surface area contributed by atoms with Crippen molar-refractivity contribution in [3.05, 3.63) is 63.7 Å². The van der Waals surface area contributed by atoms with Gasteiger partial charge in [-0.2, -0.15) is 0 Å². The Morgan fingerprint density at radius 1 is 1.11 bits per heavy atom. The van der Waals surface area contributed by atoms with Crippen molar-refractivity contribution < 1.29 is 0 Å². The van der Waals surface area contributed by atoms with Crippen molar-refractivity contribution in [2.24, 2.45) is 10.7 Å². The fraction of sp³-hybridized carbons (Fsp3) is 0.0714. The van der Waals surface area contributed by atoms with Crippen LogP contribution in [0.2, 0.25) is 0 Å². The van der Waals surface area contributed by atoms with Gasteiger partial charge in [0.05, 0.1) is 6.54 Å². The summed E-state index contributed by atoms with van der Waals surface area (Å²) in [5, 5.41) is 3.08. The highest BCUT2D eigenvalue weighted by Gasteiger charge is 1.96. The number of nitrogens with zero attached hydrogens (tertiary/aromatic N) is 1. The summed E-state index contributed by atoms with van der Waals surface area (Å²) in [6, 6.07) is 18.0. The third-order valence-corrected chi connectivity index (χ3v) is 3.04. The van der Waals surface area contributed by atoms with Crippen molar-refractivity contribution in [3.63, 3.8) is 0 Å². The van der Waals surface area contributed by atoms with Gasteiger partial charge in [-0.1, -0.05) is 36.4 Å². The lowest BCUT2D eigenvalue weighted by molar-refractivity contribution is 1.06. The van der Waals surface area contributed by atoms with Crippen LogP contribution in [0.25, 0.3) is 0 Å². The Kier molecular flexibility index (Phi) is 4.58. The van der Waals surface area contributed by atoms with E-state index in [0.29, 0.717) is 12.5 Å². The Morgan fingerprint density at radius 2 is 1.89 bits per heavy atom. The molecule has 0 aliphatic rings. The maximum atomic E-state index is 5.84. The van der Waals surface area contributed by atoms with Crippen LogP contribution in [0, 0.1) is 3.57 Å². The topological polar surface area (TPSA) is 50.4 Å². The molecule has 0 aliphatic carbocycles. The monoisotopic (exact) mass is 351 g/mol. The maximum absolute atomic E-state index is 5.84. The number of rotatable bonds is 3. The van der Waals surface area contributed by atoms with Gasteiger partial charge >= 0.3 is 0 Å². The second-order valence-electron chi connectivity index (χ2n) is 3.82. The number of nitrogens with one attached hydrogen (secondary N) is 1. The van der Waals surface area contributed by atoms with E-state index in [1.54, 1.807) is 0 Å². The van der Waals surface area contributed by atoms with E-state index in [9.17, 15) is 0 Å². The number of hydrogen-bond acceptors (Lipinski definition) is 1. The van der Waals surface area contributed by atoms with Crippen molar-refractivity contribution in [2.45, 2.75) is 6.54 Å². The van der Waals surface area contributed by atoms with E-state index in [1.165, 1.54) is 0 Å². The molecule has 0 amide bonds. The van der Waals surface area contributed by atoms with Gasteiger partial charge in [0.15, 0.2) is 5.96 Å². The predicted octanol–water partition coefficient (Wildman–Crippen LogP) is 3.22. The molecule has 0 aromatic heterocycles. The standard InChI is InChI=1S/C14H14IN3/c15-12-7-4-8-13(9-12)18-14(16)17-10-11-5-2-1-3-6-11/h1-9H,10H2,(H3,16,17,18). The van der Waals surface area contributed by atoms with Gasteiger partial charge in [0.1, 0.15) is 0 Å². The smallest absolute Gasteiger partial charge is 0.193 e. The van der Waals surface area contributed by atoms with Gasteiger partial charge in [-0.05, 0) is 46.4 Å². The van der Waals surface area contributed by atoms with Crippen molar-refractivity contribution >= 4 is 34.2 Å². The summed E-state index contributed by atoms with van der Waals surface area (Å²) in [5.41, 5.74) is 7.94. The molecule has 4 heteroatoms. The van der Waals surface area contributed by atoms with E-state index in [0.717, 1.165) is 14.8 Å². The number of nitrogens with two attached hydrogens (primary N) is 1. The van der Waals surface area contributed by atoms with Gasteiger partial charge in [-0.25, -0.2) is 4.99 Å². The van der Waals surface area contributed by atoms with Crippen LogP contribution < -0.4 is 11.1 Å². The van der Waals surface area contributed by atoms with E-state index >= 15 is 0 Å². The molecule has 92 valence electrons. The molecule has 0 saturated heterocycles. The normalized spacial score (nSPS) is 11.3. The first-order valence-corrected chi connectivity index (χ1v) is 6.68. The van der Waals surface area contributed by atoms with Crippen LogP contribution in [0.1, 0.15) is 5.56 Å². The third-order valence-electron chi connectivity index (χ3n) is 2.37. The molecular formula is C14H14IN3. The molecule has 0 spiro atoms. The van der Waals surface area contributed by atoms with E-state index < -0.39 is 0 Å². The van der Waals surface area contributed by atoms with Crippen LogP contribution in [-0.4, -0.2) is 5.96 Å². The Hall–Kier alpha value is -1.56. The summed E-state index contributed by atoms with van der Waals surface area (Å²) < 4.78 is 1.16. The summed E-state index contributed by atoms with van der Waals surface area (Å²) >= 11 is 2.26. The average molecular weight is 351 g/mol. The number of guanidine groups is 1. The molecule has 0 bridgehead atoms. The van der Waals surface area contributed by atoms with Crippen LogP contribution in [0.5, 0.6) is 0 Å². The number of anilines is 1. The number of hydrogen-bond donors (Lipinski definition) is 2. The largest absolute Gasteiger partial charge is 0.370 e. The molecule has 3 N–H and O–H groups in total. The fourth-order valence-electron chi connectivity index (χ4n) is 1.51. The summed E-state index contributed by atoms with van der Waals surface area (Å²) in [7, 11) is 0. The average Bonchev–Trinajstić information content (AvgIpc) is 2.38. The van der Waals surface area contributed by atoms with Crippen molar-refractivity contribution in [3.8, 4) is 0 Å². The van der Waals surface area contributed by atoms with Crippen LogP contribution in [-0.2, 0) is 6.54 Å². The Labute approximate surface area is 120 Å². The van der Waals surface area contributed by atoms with Gasteiger partial charge in [0, 0.05) is 9.26 Å². The molecule has 0 atom stereocenters. The predicted molar refractivity (Wildman–Crippen MR) is 84.6 cm³/mol. The van der Waals surface area contributed by atoms with Gasteiger partial charge in [0.25, 0.3) is 0 Å². The first-order chi connectivity index (χ1) is 8.74. The van der Waals surface area contributed by atoms with Crippen LogP contribution in [0.15, 0.2) is 59.6 Å². The highest BCUT2D eigenvalue weighted by molar-refractivity contribution is 14.1. The van der Waals surface area contributed by atoms with E-state index in [-0.39, 0.29) is 0 Å². The minimum Gasteiger partial charge on any atom is -0.370 e. The summed E-state index contributed by atoms with van der Waals surface area (Å²) in [5.74, 6) is 0.431. The second-order valence-corrected chi connectivity index (χ2v) is 5.07. The SMILES string of the molecule is NC(=NCc1ccccc1)Nc1cccc(I)c1. The van der Waals surface area contributed by atoms with Gasteiger partial charge in [-0.15, -0.1) is 0 Å². The van der Waals surface area contributed by atoms with Crippen LogP contribution in [0.3, 0.4) is 0 Å². The Bertz CT molecular complexity index is 538. The lowest BCUT2D eigenvalue weighted by Gasteiger charge is -2.05. The summed E-state index contributed by atoms with van der Waals surface area (Å²) in [6.07, 6.45) is 0. The van der Waals surface area contributed by atoms with Gasteiger partial charge < -0.3 is 11.1 Å². The van der Waals surface area contributed by atoms with Gasteiger partial charge in [0.2, 0.25) is 0 Å². The van der Waals surface area contributed by atoms with Crippen molar-refractivity contribution in [1.82, 2.24) is 0 Å². The molecule has 0 radical (unpaired) electrons. The molecule has 0 saturated carbocycles. The van der Waals surface area contributed by atoms with E-state index in [2.05, 4.69) is 32.9 Å². The quantitative estimate of drug-likeness (QED) is 0.507. The molecular weight excluding hydrogens is 337 g/mol. The zero-order valence-electron chi connectivity index (χ0n) is 9.81. The summed E-state index contributed by atoms with van der Waals surface area (Å²) in [4.78, 5) is 4.30. The minimum atomic E-state index is 0.431. The number of aliphatic imine (C=N–C) groups is 1. The zero-order valence-corrected chi connectivity index (χ0v) is 12.0. The Balaban J connectivity index is 1.97. The van der Waals surface area contributed by atoms with Crippen LogP contribution >= 0.6 is 22.6 Å². The molecule has 18 heavy (non-hydrogen) atoms. The Morgan fingerprint density at radius 3 is 2.61 bits per heavy atom. The first-order valence-electron chi connectivity index (χ1n) is 5.60. The third kappa shape index (κ3) is 4.03. The zero-order chi connectivity index (χ0) is 12.8. The second kappa shape index (κ2) is 6.39. The fourth-order valence-corrected chi connectivity index (χ4v) is 2.06. The van der Waals surface area contributed by atoms with E-state index in [1.807, 2.05) is 54.6 Å². The molecule has 2 aromatic rings. The van der Waals surface area contributed by atoms with Crippen LogP contribution in [0.4, 0.5) is 5.69 Å². The lowest BCUT2D eigenvalue weighted by atomic mass is 10.2. The van der Waals surface area contributed by atoms with Gasteiger partial charge in [-0.3, -0.25) is 0 Å².